The Bertz CT molecular complexity index is 899. The van der Waals surface area contributed by atoms with Gasteiger partial charge in [0.25, 0.3) is 0 Å². The predicted octanol–water partition coefficient (Wildman–Crippen LogP) is 6.14. The molecule has 5 heteroatoms. The number of furan rings is 1. The Morgan fingerprint density at radius 1 is 0.960 bits per heavy atom. The molecule has 0 amide bonds. The summed E-state index contributed by atoms with van der Waals surface area (Å²) in [6.45, 7) is 6.41. The van der Waals surface area contributed by atoms with Crippen LogP contribution in [-0.2, 0) is 0 Å². The second-order valence-corrected chi connectivity index (χ2v) is 6.06. The van der Waals surface area contributed by atoms with Crippen LogP contribution in [0.15, 0.2) is 22.6 Å². The summed E-state index contributed by atoms with van der Waals surface area (Å²) < 4.78 is 45.8. The highest BCUT2D eigenvalue weighted by atomic mass is 19.1. The second-order valence-electron chi connectivity index (χ2n) is 6.06. The molecular weight excluding hydrogens is 326 g/mol. The molecule has 2 aromatic carbocycles. The van der Waals surface area contributed by atoms with Crippen LogP contribution in [0.1, 0.15) is 38.7 Å². The molecule has 0 N–H and O–H groups in total. The van der Waals surface area contributed by atoms with Crippen molar-refractivity contribution in [3.63, 3.8) is 0 Å². The molecule has 3 rings (SSSR count). The number of aryl methyl sites for hydroxylation is 1. The van der Waals surface area contributed by atoms with E-state index in [1.165, 1.54) is 0 Å². The molecule has 3 aromatic rings. The lowest BCUT2D eigenvalue weighted by Crippen LogP contribution is -1.99. The van der Waals surface area contributed by atoms with Gasteiger partial charge in [0.05, 0.1) is 13.2 Å². The topological polar surface area (TPSA) is 31.6 Å². The zero-order valence-electron chi connectivity index (χ0n) is 14.7. The van der Waals surface area contributed by atoms with Crippen molar-refractivity contribution in [1.82, 2.24) is 0 Å². The first-order valence-corrected chi connectivity index (χ1v) is 8.67. The van der Waals surface area contributed by atoms with Crippen LogP contribution >= 0.6 is 0 Å². The zero-order chi connectivity index (χ0) is 18.0. The Kier molecular flexibility index (Phi) is 5.11. The van der Waals surface area contributed by atoms with Crippen LogP contribution in [-0.4, -0.2) is 13.2 Å². The molecule has 0 fully saturated rings. The summed E-state index contributed by atoms with van der Waals surface area (Å²) in [5, 5.41) is 1.06. The fraction of sp³-hybridized carbons (Fsp3) is 0.400. The summed E-state index contributed by atoms with van der Waals surface area (Å²) in [5.41, 5.74) is 0.663. The molecule has 0 saturated heterocycles. The van der Waals surface area contributed by atoms with E-state index in [9.17, 15) is 8.78 Å². The normalized spacial score (nSPS) is 11.4. The molecule has 1 aromatic heterocycles. The highest BCUT2D eigenvalue weighted by Crippen LogP contribution is 2.39. The van der Waals surface area contributed by atoms with Gasteiger partial charge >= 0.3 is 0 Å². The molecule has 0 aliphatic carbocycles. The number of ether oxygens (including phenoxy) is 2. The van der Waals surface area contributed by atoms with Crippen LogP contribution in [0.5, 0.6) is 11.5 Å². The van der Waals surface area contributed by atoms with Gasteiger partial charge in [-0.2, -0.15) is 8.78 Å². The van der Waals surface area contributed by atoms with Crippen molar-refractivity contribution in [3.8, 4) is 11.5 Å². The summed E-state index contributed by atoms with van der Waals surface area (Å²) in [6.07, 6.45) is 2.95. The minimum absolute atomic E-state index is 0.00563. The first-order valence-electron chi connectivity index (χ1n) is 8.67. The van der Waals surface area contributed by atoms with E-state index >= 15 is 0 Å². The Labute approximate surface area is 145 Å². The molecule has 0 bridgehead atoms. The minimum atomic E-state index is -0.599. The summed E-state index contributed by atoms with van der Waals surface area (Å²) >= 11 is 0. The van der Waals surface area contributed by atoms with Gasteiger partial charge in [-0.25, -0.2) is 0 Å². The molecule has 3 nitrogen and oxygen atoms in total. The van der Waals surface area contributed by atoms with Gasteiger partial charge in [0, 0.05) is 10.8 Å². The molecule has 0 aliphatic heterocycles. The number of unbranched alkanes of at least 4 members (excludes halogenated alkanes) is 2. The largest absolute Gasteiger partial charge is 0.490 e. The van der Waals surface area contributed by atoms with E-state index < -0.39 is 11.6 Å². The van der Waals surface area contributed by atoms with Crippen LogP contribution in [0.3, 0.4) is 0 Å². The standard InChI is InChI=1S/C20H22F2O3/c1-4-6-7-10-24-15-9-8-13-14-11-12(3)18(23-5-2)17(22)20(14)25-19(13)16(15)21/h8-9,11H,4-7,10H2,1-3H3. The quantitative estimate of drug-likeness (QED) is 0.481. The van der Waals surface area contributed by atoms with E-state index in [4.69, 9.17) is 13.9 Å². The van der Waals surface area contributed by atoms with Gasteiger partial charge in [-0.15, -0.1) is 0 Å². The van der Waals surface area contributed by atoms with Crippen molar-refractivity contribution in [2.45, 2.75) is 40.0 Å². The van der Waals surface area contributed by atoms with Gasteiger partial charge in [-0.1, -0.05) is 19.8 Å². The molecule has 134 valence electrons. The molecule has 0 radical (unpaired) electrons. The molecule has 0 unspecified atom stereocenters. The van der Waals surface area contributed by atoms with Crippen molar-refractivity contribution in [2.24, 2.45) is 0 Å². The number of benzene rings is 2. The molecular formula is C20H22F2O3. The van der Waals surface area contributed by atoms with Gasteiger partial charge in [0.2, 0.25) is 11.6 Å². The summed E-state index contributed by atoms with van der Waals surface area (Å²) in [5.74, 6) is -0.923. The van der Waals surface area contributed by atoms with E-state index in [0.717, 1.165) is 19.3 Å². The van der Waals surface area contributed by atoms with E-state index in [2.05, 4.69) is 6.92 Å². The fourth-order valence-electron chi connectivity index (χ4n) is 2.96. The lowest BCUT2D eigenvalue weighted by molar-refractivity contribution is 0.291. The first-order chi connectivity index (χ1) is 12.1. The Morgan fingerprint density at radius 2 is 1.72 bits per heavy atom. The Hall–Kier alpha value is -2.30. The van der Waals surface area contributed by atoms with Gasteiger partial charge in [0.1, 0.15) is 0 Å². The predicted molar refractivity (Wildman–Crippen MR) is 94.6 cm³/mol. The number of halogens is 2. The van der Waals surface area contributed by atoms with E-state index in [0.29, 0.717) is 29.5 Å². The van der Waals surface area contributed by atoms with Crippen LogP contribution < -0.4 is 9.47 Å². The molecule has 0 aliphatic rings. The number of fused-ring (bicyclic) bond motifs is 3. The monoisotopic (exact) mass is 348 g/mol. The van der Waals surface area contributed by atoms with E-state index in [1.807, 2.05) is 0 Å². The summed E-state index contributed by atoms with van der Waals surface area (Å²) in [6, 6.07) is 5.04. The van der Waals surface area contributed by atoms with Crippen LogP contribution in [0, 0.1) is 18.6 Å². The van der Waals surface area contributed by atoms with Crippen LogP contribution in [0.2, 0.25) is 0 Å². The molecule has 0 atom stereocenters. The van der Waals surface area contributed by atoms with Crippen molar-refractivity contribution in [3.05, 3.63) is 35.4 Å². The SMILES string of the molecule is CCCCCOc1ccc2c(oc3c(F)c(OCC)c(C)cc32)c1F. The average molecular weight is 348 g/mol. The van der Waals surface area contributed by atoms with Crippen LogP contribution in [0.25, 0.3) is 21.9 Å². The first kappa shape index (κ1) is 17.5. The van der Waals surface area contributed by atoms with Gasteiger partial charge < -0.3 is 13.9 Å². The van der Waals surface area contributed by atoms with Gasteiger partial charge in [-0.3, -0.25) is 0 Å². The van der Waals surface area contributed by atoms with Crippen molar-refractivity contribution < 1.29 is 22.7 Å². The maximum absolute atomic E-state index is 14.7. The van der Waals surface area contributed by atoms with E-state index in [1.54, 1.807) is 32.0 Å². The maximum atomic E-state index is 14.7. The third-order valence-electron chi connectivity index (χ3n) is 4.21. The molecule has 0 saturated carbocycles. The smallest absolute Gasteiger partial charge is 0.208 e. The molecule has 1 heterocycles. The van der Waals surface area contributed by atoms with Gasteiger partial charge in [-0.05, 0) is 44.0 Å². The van der Waals surface area contributed by atoms with Gasteiger partial charge in [0.15, 0.2) is 22.7 Å². The minimum Gasteiger partial charge on any atom is -0.490 e. The lowest BCUT2D eigenvalue weighted by atomic mass is 10.1. The second kappa shape index (κ2) is 7.30. The molecule has 0 spiro atoms. The fourth-order valence-corrected chi connectivity index (χ4v) is 2.96. The summed E-state index contributed by atoms with van der Waals surface area (Å²) in [7, 11) is 0. The third kappa shape index (κ3) is 3.15. The lowest BCUT2D eigenvalue weighted by Gasteiger charge is -2.08. The van der Waals surface area contributed by atoms with E-state index in [-0.39, 0.29) is 22.7 Å². The van der Waals surface area contributed by atoms with Crippen LogP contribution in [0.4, 0.5) is 8.78 Å². The number of hydrogen-bond donors (Lipinski definition) is 0. The van der Waals surface area contributed by atoms with Crippen molar-refractivity contribution >= 4 is 21.9 Å². The highest BCUT2D eigenvalue weighted by Gasteiger charge is 2.21. The zero-order valence-corrected chi connectivity index (χ0v) is 14.7. The molecule has 25 heavy (non-hydrogen) atoms. The van der Waals surface area contributed by atoms with Crippen molar-refractivity contribution in [1.29, 1.82) is 0 Å². The maximum Gasteiger partial charge on any atom is 0.208 e. The number of hydrogen-bond acceptors (Lipinski definition) is 3. The average Bonchev–Trinajstić information content (AvgIpc) is 2.97. The van der Waals surface area contributed by atoms with Crippen molar-refractivity contribution in [2.75, 3.05) is 13.2 Å². The Morgan fingerprint density at radius 3 is 2.44 bits per heavy atom. The Balaban J connectivity index is 2.07. The highest BCUT2D eigenvalue weighted by molar-refractivity contribution is 6.06. The third-order valence-corrected chi connectivity index (χ3v) is 4.21. The summed E-state index contributed by atoms with van der Waals surface area (Å²) in [4.78, 5) is 0. The number of rotatable bonds is 7.